The van der Waals surface area contributed by atoms with Gasteiger partial charge in [0.25, 0.3) is 0 Å². The van der Waals surface area contributed by atoms with Crippen LogP contribution in [0.4, 0.5) is 23.5 Å². The van der Waals surface area contributed by atoms with Crippen molar-refractivity contribution in [1.82, 2.24) is 15.0 Å². The Labute approximate surface area is 221 Å². The number of ether oxygens (including phenoxy) is 1. The number of nitrogens with one attached hydrogen (secondary N) is 2. The molecule has 0 radical (unpaired) electrons. The lowest BCUT2D eigenvalue weighted by Crippen LogP contribution is -2.31. The van der Waals surface area contributed by atoms with Crippen molar-refractivity contribution < 1.29 is 4.74 Å². The second kappa shape index (κ2) is 12.2. The lowest BCUT2D eigenvalue weighted by Gasteiger charge is -2.26. The van der Waals surface area contributed by atoms with Crippen molar-refractivity contribution >= 4 is 41.3 Å². The Morgan fingerprint density at radius 2 is 1.57 bits per heavy atom. The number of hydrazone groups is 1. The third kappa shape index (κ3) is 7.17. The molecule has 0 aliphatic carbocycles. The molecule has 1 aliphatic heterocycles. The highest BCUT2D eigenvalue weighted by molar-refractivity contribution is 6.30. The molecule has 1 saturated heterocycles. The zero-order chi connectivity index (χ0) is 25.3. The van der Waals surface area contributed by atoms with Crippen molar-refractivity contribution in [2.24, 2.45) is 5.10 Å². The standard InChI is InChI=1S/C28H28ClN7O/c29-23-13-9-22(10-14-23)20-37-25-15-11-21(12-16-25)19-30-35-27-32-26(31-24-7-3-1-4-8-24)33-28(34-27)36-17-5-2-6-18-36/h1,3-4,7-16,19H,2,5-6,17-18,20H2,(H2,31,32,33,34,35). The van der Waals surface area contributed by atoms with Crippen LogP contribution in [0.5, 0.6) is 5.75 Å². The maximum absolute atomic E-state index is 5.94. The quantitative estimate of drug-likeness (QED) is 0.201. The Morgan fingerprint density at radius 3 is 2.32 bits per heavy atom. The first-order valence-electron chi connectivity index (χ1n) is 12.3. The number of anilines is 4. The summed E-state index contributed by atoms with van der Waals surface area (Å²) in [6.07, 6.45) is 5.22. The van der Waals surface area contributed by atoms with Crippen LogP contribution in [-0.4, -0.2) is 34.3 Å². The lowest BCUT2D eigenvalue weighted by molar-refractivity contribution is 0.306. The van der Waals surface area contributed by atoms with Gasteiger partial charge in [0.15, 0.2) is 0 Å². The Balaban J connectivity index is 1.24. The number of piperidine rings is 1. The number of halogens is 1. The molecule has 0 atom stereocenters. The molecule has 5 rings (SSSR count). The van der Waals surface area contributed by atoms with Gasteiger partial charge in [-0.15, -0.1) is 0 Å². The van der Waals surface area contributed by atoms with E-state index < -0.39 is 0 Å². The summed E-state index contributed by atoms with van der Waals surface area (Å²) in [7, 11) is 0. The van der Waals surface area contributed by atoms with E-state index in [4.69, 9.17) is 16.3 Å². The molecule has 4 aromatic rings. The van der Waals surface area contributed by atoms with Crippen LogP contribution in [-0.2, 0) is 6.61 Å². The molecule has 188 valence electrons. The van der Waals surface area contributed by atoms with Gasteiger partial charge in [0.2, 0.25) is 17.8 Å². The minimum absolute atomic E-state index is 0.383. The molecule has 1 aromatic heterocycles. The number of rotatable bonds is 9. The smallest absolute Gasteiger partial charge is 0.250 e. The molecule has 0 saturated carbocycles. The van der Waals surface area contributed by atoms with Gasteiger partial charge in [-0.1, -0.05) is 41.9 Å². The molecular weight excluding hydrogens is 486 g/mol. The Hall–Kier alpha value is -4.17. The van der Waals surface area contributed by atoms with E-state index in [1.807, 2.05) is 78.9 Å². The van der Waals surface area contributed by atoms with Crippen molar-refractivity contribution in [3.05, 3.63) is 95.0 Å². The Morgan fingerprint density at radius 1 is 0.838 bits per heavy atom. The Kier molecular flexibility index (Phi) is 8.07. The first-order chi connectivity index (χ1) is 18.2. The second-order valence-corrected chi connectivity index (χ2v) is 9.11. The van der Waals surface area contributed by atoms with Crippen LogP contribution in [0.25, 0.3) is 0 Å². The van der Waals surface area contributed by atoms with Crippen LogP contribution in [0.2, 0.25) is 5.02 Å². The molecule has 0 amide bonds. The van der Waals surface area contributed by atoms with E-state index >= 15 is 0 Å². The van der Waals surface area contributed by atoms with E-state index in [0.29, 0.717) is 29.5 Å². The lowest BCUT2D eigenvalue weighted by atomic mass is 10.1. The van der Waals surface area contributed by atoms with Gasteiger partial charge in [-0.2, -0.15) is 20.1 Å². The second-order valence-electron chi connectivity index (χ2n) is 8.68. The first kappa shape index (κ1) is 24.5. The third-order valence-corrected chi connectivity index (χ3v) is 6.12. The fraction of sp³-hybridized carbons (Fsp3) is 0.214. The highest BCUT2D eigenvalue weighted by Gasteiger charge is 2.16. The number of para-hydroxylation sites is 1. The first-order valence-corrected chi connectivity index (χ1v) is 12.7. The van der Waals surface area contributed by atoms with Crippen LogP contribution < -0.4 is 20.4 Å². The minimum Gasteiger partial charge on any atom is -0.489 e. The molecule has 2 N–H and O–H groups in total. The monoisotopic (exact) mass is 513 g/mol. The maximum atomic E-state index is 5.94. The molecule has 1 fully saturated rings. The van der Waals surface area contributed by atoms with E-state index in [1.54, 1.807) is 6.21 Å². The van der Waals surface area contributed by atoms with E-state index in [2.05, 4.69) is 35.7 Å². The van der Waals surface area contributed by atoms with E-state index in [-0.39, 0.29) is 0 Å². The van der Waals surface area contributed by atoms with Gasteiger partial charge in [0.05, 0.1) is 6.21 Å². The highest BCUT2D eigenvalue weighted by Crippen LogP contribution is 2.21. The molecular formula is C28H28ClN7O. The molecule has 3 aromatic carbocycles. The number of hydrogen-bond acceptors (Lipinski definition) is 8. The molecule has 2 heterocycles. The number of hydrogen-bond donors (Lipinski definition) is 2. The van der Waals surface area contributed by atoms with E-state index in [1.165, 1.54) is 6.42 Å². The number of benzene rings is 3. The minimum atomic E-state index is 0.383. The molecule has 0 bridgehead atoms. The van der Waals surface area contributed by atoms with E-state index in [0.717, 1.165) is 48.5 Å². The average molecular weight is 514 g/mol. The average Bonchev–Trinajstić information content (AvgIpc) is 2.94. The number of nitrogens with zero attached hydrogens (tertiary/aromatic N) is 5. The predicted octanol–water partition coefficient (Wildman–Crippen LogP) is 6.28. The Bertz CT molecular complexity index is 1310. The summed E-state index contributed by atoms with van der Waals surface area (Å²) in [5, 5.41) is 8.33. The van der Waals surface area contributed by atoms with Crippen LogP contribution in [0.1, 0.15) is 30.4 Å². The topological polar surface area (TPSA) is 87.6 Å². The summed E-state index contributed by atoms with van der Waals surface area (Å²) < 4.78 is 5.85. The van der Waals surface area contributed by atoms with Crippen molar-refractivity contribution in [2.75, 3.05) is 28.7 Å². The van der Waals surface area contributed by atoms with Gasteiger partial charge < -0.3 is 15.0 Å². The van der Waals surface area contributed by atoms with Gasteiger partial charge in [-0.25, -0.2) is 5.43 Å². The largest absolute Gasteiger partial charge is 0.489 e. The van der Waals surface area contributed by atoms with Crippen LogP contribution >= 0.6 is 11.6 Å². The summed E-state index contributed by atoms with van der Waals surface area (Å²) in [5.74, 6) is 2.28. The van der Waals surface area contributed by atoms with Crippen molar-refractivity contribution in [2.45, 2.75) is 25.9 Å². The molecule has 1 aliphatic rings. The van der Waals surface area contributed by atoms with Gasteiger partial charge in [0, 0.05) is 23.8 Å². The molecule has 0 spiro atoms. The third-order valence-electron chi connectivity index (χ3n) is 5.87. The van der Waals surface area contributed by atoms with Crippen LogP contribution in [0, 0.1) is 0 Å². The zero-order valence-electron chi connectivity index (χ0n) is 20.3. The van der Waals surface area contributed by atoms with Gasteiger partial charge >= 0.3 is 0 Å². The van der Waals surface area contributed by atoms with Crippen molar-refractivity contribution in [3.63, 3.8) is 0 Å². The summed E-state index contributed by atoms with van der Waals surface area (Å²) in [6, 6.07) is 25.2. The molecule has 8 nitrogen and oxygen atoms in total. The molecule has 0 unspecified atom stereocenters. The van der Waals surface area contributed by atoms with Crippen molar-refractivity contribution in [3.8, 4) is 5.75 Å². The molecule has 37 heavy (non-hydrogen) atoms. The van der Waals surface area contributed by atoms with Gasteiger partial charge in [-0.05, 0) is 78.9 Å². The van der Waals surface area contributed by atoms with Gasteiger partial charge in [0.1, 0.15) is 12.4 Å². The maximum Gasteiger partial charge on any atom is 0.250 e. The highest BCUT2D eigenvalue weighted by atomic mass is 35.5. The van der Waals surface area contributed by atoms with Gasteiger partial charge in [-0.3, -0.25) is 0 Å². The zero-order valence-corrected chi connectivity index (χ0v) is 21.1. The predicted molar refractivity (Wildman–Crippen MR) is 149 cm³/mol. The summed E-state index contributed by atoms with van der Waals surface area (Å²) >= 11 is 5.94. The fourth-order valence-electron chi connectivity index (χ4n) is 3.92. The fourth-order valence-corrected chi connectivity index (χ4v) is 4.04. The van der Waals surface area contributed by atoms with E-state index in [9.17, 15) is 0 Å². The van der Waals surface area contributed by atoms with Crippen LogP contribution in [0.15, 0.2) is 84.0 Å². The summed E-state index contributed by atoms with van der Waals surface area (Å²) in [4.78, 5) is 16.0. The SMILES string of the molecule is Clc1ccc(COc2ccc(C=NNc3nc(Nc4ccccc4)nc(N4CCCCC4)n3)cc2)cc1. The summed E-state index contributed by atoms with van der Waals surface area (Å²) in [5.41, 5.74) is 5.84. The normalized spacial score (nSPS) is 13.5. The summed E-state index contributed by atoms with van der Waals surface area (Å²) in [6.45, 7) is 2.35. The van der Waals surface area contributed by atoms with Crippen LogP contribution in [0.3, 0.4) is 0 Å². The molecule has 9 heteroatoms. The van der Waals surface area contributed by atoms with Crippen molar-refractivity contribution in [1.29, 1.82) is 0 Å². The number of aromatic nitrogens is 3.